The van der Waals surface area contributed by atoms with Gasteiger partial charge in [0.2, 0.25) is 17.7 Å². The minimum Gasteiger partial charge on any atom is -0.491 e. The first kappa shape index (κ1) is 35.1. The second-order valence-electron chi connectivity index (χ2n) is 11.8. The Morgan fingerprint density at radius 2 is 1.72 bits per heavy atom. The van der Waals surface area contributed by atoms with Crippen molar-refractivity contribution >= 4 is 35.2 Å². The largest absolute Gasteiger partial charge is 0.491 e. The Hall–Kier alpha value is -4.77. The Morgan fingerprint density at radius 3 is 2.47 bits per heavy atom. The highest BCUT2D eigenvalue weighted by Gasteiger charge is 2.30. The molecule has 0 fully saturated rings. The maximum absolute atomic E-state index is 13.6. The maximum atomic E-state index is 13.6. The van der Waals surface area contributed by atoms with Crippen LogP contribution in [0.2, 0.25) is 5.02 Å². The lowest BCUT2D eigenvalue weighted by atomic mass is 10.0. The van der Waals surface area contributed by atoms with Gasteiger partial charge in [-0.3, -0.25) is 19.2 Å². The van der Waals surface area contributed by atoms with Crippen molar-refractivity contribution in [3.8, 4) is 23.0 Å². The van der Waals surface area contributed by atoms with Crippen LogP contribution in [0.1, 0.15) is 44.0 Å². The minimum absolute atomic E-state index is 0.0580. The van der Waals surface area contributed by atoms with Gasteiger partial charge in [-0.05, 0) is 61.7 Å². The molecule has 0 radical (unpaired) electrons. The molecule has 0 unspecified atom stereocenters. The first-order valence-corrected chi connectivity index (χ1v) is 15.9. The Morgan fingerprint density at radius 1 is 1.00 bits per heavy atom. The second kappa shape index (κ2) is 16.7. The van der Waals surface area contributed by atoms with E-state index < -0.39 is 42.3 Å². The van der Waals surface area contributed by atoms with E-state index in [1.165, 1.54) is 4.90 Å². The predicted octanol–water partition coefficient (Wildman–Crippen LogP) is 4.59. The van der Waals surface area contributed by atoms with E-state index in [1.54, 1.807) is 86.8 Å². The van der Waals surface area contributed by atoms with E-state index in [0.717, 1.165) is 0 Å². The van der Waals surface area contributed by atoms with Gasteiger partial charge in [0.15, 0.2) is 11.5 Å². The zero-order valence-corrected chi connectivity index (χ0v) is 27.7. The summed E-state index contributed by atoms with van der Waals surface area (Å²) in [5, 5.41) is 8.84. The molecule has 3 N–H and O–H groups in total. The smallest absolute Gasteiger partial charge is 0.255 e. The summed E-state index contributed by atoms with van der Waals surface area (Å²) in [7, 11) is 1.64. The Labute approximate surface area is 279 Å². The third kappa shape index (κ3) is 10.4. The SMILES string of the molecule is CC(C)C[C@H]1NC(=O)C[C@@H](C(=O)N[C@H](C)COc2ccccc2Oc2cccc(Cl)c2)NC(=O)c2ccccc2OCCN(C)C1=O. The minimum atomic E-state index is -1.26. The van der Waals surface area contributed by atoms with Crippen molar-refractivity contribution < 1.29 is 33.4 Å². The Kier molecular flexibility index (Phi) is 12.5. The van der Waals surface area contributed by atoms with Gasteiger partial charge in [0, 0.05) is 12.1 Å². The van der Waals surface area contributed by atoms with Gasteiger partial charge in [-0.1, -0.05) is 55.8 Å². The van der Waals surface area contributed by atoms with Gasteiger partial charge >= 0.3 is 0 Å². The zero-order chi connectivity index (χ0) is 33.9. The highest BCUT2D eigenvalue weighted by atomic mass is 35.5. The van der Waals surface area contributed by atoms with Gasteiger partial charge in [-0.25, -0.2) is 0 Å². The van der Waals surface area contributed by atoms with Crippen LogP contribution in [0.25, 0.3) is 0 Å². The summed E-state index contributed by atoms with van der Waals surface area (Å²) in [4.78, 5) is 55.0. The molecule has 3 aromatic carbocycles. The molecule has 1 aliphatic heterocycles. The normalized spacial score (nSPS) is 18.2. The number of fused-ring (bicyclic) bond motifs is 1. The standard InChI is InChI=1S/C35H41ClN4O7/c1-22(2)18-28-35(44)40(4)16-17-45-29-13-6-5-12-26(29)33(42)39-27(20-32(41)38-28)34(43)37-23(3)21-46-30-14-7-8-15-31(30)47-25-11-9-10-24(36)19-25/h5-15,19,22-23,27-28H,16-18,20-21H2,1-4H3,(H,37,43)(H,38,41)(H,39,42)/t23-,27+,28-/m1/s1. The number of halogens is 1. The summed E-state index contributed by atoms with van der Waals surface area (Å²) in [5.41, 5.74) is 0.196. The summed E-state index contributed by atoms with van der Waals surface area (Å²) >= 11 is 6.09. The fourth-order valence-corrected chi connectivity index (χ4v) is 5.12. The van der Waals surface area contributed by atoms with Crippen LogP contribution in [0.5, 0.6) is 23.0 Å². The average Bonchev–Trinajstić information content (AvgIpc) is 3.03. The second-order valence-corrected chi connectivity index (χ2v) is 12.2. The molecule has 0 bridgehead atoms. The highest BCUT2D eigenvalue weighted by Crippen LogP contribution is 2.32. The molecular weight excluding hydrogens is 624 g/mol. The number of likely N-dealkylation sites (N-methyl/N-ethyl adjacent to an activating group) is 1. The van der Waals surface area contributed by atoms with Crippen LogP contribution in [0.4, 0.5) is 0 Å². The number of hydrogen-bond acceptors (Lipinski definition) is 7. The van der Waals surface area contributed by atoms with Crippen molar-refractivity contribution in [2.45, 2.75) is 51.7 Å². The highest BCUT2D eigenvalue weighted by molar-refractivity contribution is 6.30. The van der Waals surface area contributed by atoms with Crippen molar-refractivity contribution in [2.24, 2.45) is 5.92 Å². The molecule has 4 rings (SSSR count). The quantitative estimate of drug-likeness (QED) is 0.305. The van der Waals surface area contributed by atoms with Crippen LogP contribution < -0.4 is 30.2 Å². The first-order valence-electron chi connectivity index (χ1n) is 15.5. The van der Waals surface area contributed by atoms with E-state index in [2.05, 4.69) is 16.0 Å². The van der Waals surface area contributed by atoms with Crippen LogP contribution in [0, 0.1) is 5.92 Å². The van der Waals surface area contributed by atoms with Crippen molar-refractivity contribution in [3.05, 3.63) is 83.4 Å². The van der Waals surface area contributed by atoms with Crippen LogP contribution in [0.3, 0.4) is 0 Å². The number of carbonyl (C=O) groups is 4. The Bertz CT molecular complexity index is 1570. The molecule has 3 aromatic rings. The number of amides is 4. The topological polar surface area (TPSA) is 135 Å². The van der Waals surface area contributed by atoms with Crippen molar-refractivity contribution in [1.82, 2.24) is 20.9 Å². The molecule has 1 heterocycles. The Balaban J connectivity index is 1.49. The molecular formula is C35H41ClN4O7. The number of rotatable bonds is 9. The number of nitrogens with zero attached hydrogens (tertiary/aromatic N) is 1. The third-order valence-electron chi connectivity index (χ3n) is 7.29. The van der Waals surface area contributed by atoms with E-state index in [0.29, 0.717) is 34.4 Å². The van der Waals surface area contributed by atoms with Gasteiger partial charge in [-0.15, -0.1) is 0 Å². The van der Waals surface area contributed by atoms with E-state index in [9.17, 15) is 19.2 Å². The third-order valence-corrected chi connectivity index (χ3v) is 7.53. The molecule has 3 atom stereocenters. The first-order chi connectivity index (χ1) is 22.5. The molecule has 4 amide bonds. The predicted molar refractivity (Wildman–Crippen MR) is 178 cm³/mol. The molecule has 47 heavy (non-hydrogen) atoms. The van der Waals surface area contributed by atoms with Crippen molar-refractivity contribution in [2.75, 3.05) is 26.8 Å². The number of nitrogens with one attached hydrogen (secondary N) is 3. The van der Waals surface area contributed by atoms with Gasteiger partial charge in [0.05, 0.1) is 24.6 Å². The van der Waals surface area contributed by atoms with E-state index >= 15 is 0 Å². The molecule has 0 aromatic heterocycles. The average molecular weight is 665 g/mol. The maximum Gasteiger partial charge on any atom is 0.255 e. The molecule has 0 aliphatic carbocycles. The monoisotopic (exact) mass is 664 g/mol. The lowest BCUT2D eigenvalue weighted by Crippen LogP contribution is -2.54. The molecule has 12 heteroatoms. The lowest BCUT2D eigenvalue weighted by Gasteiger charge is -2.27. The summed E-state index contributed by atoms with van der Waals surface area (Å²) in [6.07, 6.45) is 0.00870. The van der Waals surface area contributed by atoms with E-state index in [-0.39, 0.29) is 37.1 Å². The molecule has 0 spiro atoms. The van der Waals surface area contributed by atoms with Crippen LogP contribution in [-0.2, 0) is 14.4 Å². The number of benzene rings is 3. The summed E-state index contributed by atoms with van der Waals surface area (Å²) in [5.74, 6) is -0.138. The molecule has 250 valence electrons. The number of hydrogen-bond donors (Lipinski definition) is 3. The van der Waals surface area contributed by atoms with Gasteiger partial charge in [0.25, 0.3) is 5.91 Å². The van der Waals surface area contributed by atoms with Crippen LogP contribution in [0.15, 0.2) is 72.8 Å². The molecule has 11 nitrogen and oxygen atoms in total. The summed E-state index contributed by atoms with van der Waals surface area (Å²) in [6.45, 7) is 6.08. The fraction of sp³-hybridized carbons (Fsp3) is 0.371. The van der Waals surface area contributed by atoms with E-state index in [4.69, 9.17) is 25.8 Å². The molecule has 1 aliphatic rings. The van der Waals surface area contributed by atoms with Crippen molar-refractivity contribution in [1.29, 1.82) is 0 Å². The van der Waals surface area contributed by atoms with E-state index in [1.807, 2.05) is 13.8 Å². The van der Waals surface area contributed by atoms with Gasteiger partial charge in [0.1, 0.15) is 36.8 Å². The fourth-order valence-electron chi connectivity index (χ4n) is 4.94. The number of ether oxygens (including phenoxy) is 3. The van der Waals surface area contributed by atoms with Crippen molar-refractivity contribution in [3.63, 3.8) is 0 Å². The number of para-hydroxylation sites is 3. The van der Waals surface area contributed by atoms with Gasteiger partial charge < -0.3 is 35.1 Å². The summed E-state index contributed by atoms with van der Waals surface area (Å²) < 4.78 is 17.8. The van der Waals surface area contributed by atoms with Crippen LogP contribution >= 0.6 is 11.6 Å². The summed E-state index contributed by atoms with van der Waals surface area (Å²) in [6, 6.07) is 18.1. The molecule has 0 saturated carbocycles. The van der Waals surface area contributed by atoms with Crippen LogP contribution in [-0.4, -0.2) is 73.5 Å². The van der Waals surface area contributed by atoms with Gasteiger partial charge in [-0.2, -0.15) is 0 Å². The number of carbonyl (C=O) groups excluding carboxylic acids is 4. The lowest BCUT2D eigenvalue weighted by molar-refractivity contribution is -0.136. The molecule has 0 saturated heterocycles. The zero-order valence-electron chi connectivity index (χ0n) is 27.0.